The number of carbonyl (C=O) groups excluding carboxylic acids is 2. The van der Waals surface area contributed by atoms with Gasteiger partial charge in [0.1, 0.15) is 5.76 Å². The Balaban J connectivity index is 1.35. The summed E-state index contributed by atoms with van der Waals surface area (Å²) in [5.41, 5.74) is 1.87. The summed E-state index contributed by atoms with van der Waals surface area (Å²) in [4.78, 5) is 33.6. The van der Waals surface area contributed by atoms with E-state index in [9.17, 15) is 9.59 Å². The van der Waals surface area contributed by atoms with Crippen molar-refractivity contribution >= 4 is 11.8 Å². The Morgan fingerprint density at radius 3 is 2.48 bits per heavy atom. The van der Waals surface area contributed by atoms with Crippen LogP contribution in [0.25, 0.3) is 0 Å². The SMILES string of the molecule is CC[C@H](C(=O)N(CCN1CCOCC1)CC(=O)N(Cc1ccc2c(c1)OCO2)Cc1ccco1)c1ccccc1. The predicted molar refractivity (Wildman–Crippen MR) is 149 cm³/mol. The fourth-order valence-electron chi connectivity index (χ4n) is 5.16. The number of fused-ring (bicyclic) bond motifs is 1. The van der Waals surface area contributed by atoms with Crippen LogP contribution < -0.4 is 9.47 Å². The smallest absolute Gasteiger partial charge is 0.242 e. The number of ether oxygens (including phenoxy) is 3. The van der Waals surface area contributed by atoms with Crippen molar-refractivity contribution in [2.45, 2.75) is 32.4 Å². The van der Waals surface area contributed by atoms with E-state index < -0.39 is 0 Å². The van der Waals surface area contributed by atoms with Gasteiger partial charge in [-0.15, -0.1) is 0 Å². The summed E-state index contributed by atoms with van der Waals surface area (Å²) in [6.07, 6.45) is 2.25. The molecular weight excluding hydrogens is 510 g/mol. The zero-order valence-corrected chi connectivity index (χ0v) is 23.0. The van der Waals surface area contributed by atoms with E-state index in [0.717, 1.165) is 24.2 Å². The molecule has 40 heavy (non-hydrogen) atoms. The largest absolute Gasteiger partial charge is 0.467 e. The molecule has 1 atom stereocenters. The zero-order valence-electron chi connectivity index (χ0n) is 23.0. The highest BCUT2D eigenvalue weighted by molar-refractivity contribution is 5.88. The van der Waals surface area contributed by atoms with Crippen LogP contribution in [-0.2, 0) is 27.4 Å². The molecule has 0 bridgehead atoms. The van der Waals surface area contributed by atoms with Crippen LogP contribution in [0.2, 0.25) is 0 Å². The number of nitrogens with zero attached hydrogens (tertiary/aromatic N) is 3. The fraction of sp³-hybridized carbons (Fsp3) is 0.419. The molecule has 0 N–H and O–H groups in total. The molecule has 1 fully saturated rings. The third-order valence-corrected chi connectivity index (χ3v) is 7.43. The molecule has 0 unspecified atom stereocenters. The Kier molecular flexibility index (Phi) is 9.36. The maximum Gasteiger partial charge on any atom is 0.242 e. The molecule has 2 aliphatic heterocycles. The first-order valence-corrected chi connectivity index (χ1v) is 13.9. The molecule has 9 nitrogen and oxygen atoms in total. The van der Waals surface area contributed by atoms with E-state index >= 15 is 0 Å². The van der Waals surface area contributed by atoms with Crippen molar-refractivity contribution in [3.63, 3.8) is 0 Å². The van der Waals surface area contributed by atoms with E-state index in [0.29, 0.717) is 63.1 Å². The molecular formula is C31H37N3O6. The van der Waals surface area contributed by atoms with Gasteiger partial charge in [0.05, 0.1) is 38.5 Å². The van der Waals surface area contributed by atoms with Gasteiger partial charge in [-0.25, -0.2) is 0 Å². The molecule has 2 aromatic carbocycles. The standard InChI is InChI=1S/C31H37N3O6/c1-2-27(25-7-4-3-5-8-25)31(36)33(13-12-32-14-17-37-18-15-32)22-30(35)34(21-26-9-6-16-38-26)20-24-10-11-28-29(19-24)40-23-39-28/h3-11,16,19,27H,2,12-15,17-18,20-23H2,1H3/t27-/m0/s1. The fourth-order valence-corrected chi connectivity index (χ4v) is 5.16. The maximum atomic E-state index is 14.0. The van der Waals surface area contributed by atoms with Gasteiger partial charge in [-0.05, 0) is 41.8 Å². The highest BCUT2D eigenvalue weighted by Gasteiger charge is 2.29. The van der Waals surface area contributed by atoms with Crippen molar-refractivity contribution in [2.24, 2.45) is 0 Å². The second-order valence-electron chi connectivity index (χ2n) is 10.1. The Hall–Kier alpha value is -3.82. The monoisotopic (exact) mass is 547 g/mol. The van der Waals surface area contributed by atoms with Crippen LogP contribution in [0.3, 0.4) is 0 Å². The Morgan fingerprint density at radius 2 is 1.73 bits per heavy atom. The van der Waals surface area contributed by atoms with Gasteiger partial charge in [0, 0.05) is 32.7 Å². The van der Waals surface area contributed by atoms with Crippen LogP contribution in [0.1, 0.15) is 36.1 Å². The number of benzene rings is 2. The normalized spacial score (nSPS) is 15.5. The first kappa shape index (κ1) is 27.7. The average molecular weight is 548 g/mol. The molecule has 5 rings (SSSR count). The van der Waals surface area contributed by atoms with Crippen LogP contribution in [0, 0.1) is 0 Å². The van der Waals surface area contributed by atoms with Gasteiger partial charge >= 0.3 is 0 Å². The van der Waals surface area contributed by atoms with Gasteiger partial charge in [0.15, 0.2) is 11.5 Å². The van der Waals surface area contributed by atoms with Crippen LogP contribution in [0.4, 0.5) is 0 Å². The van der Waals surface area contributed by atoms with Gasteiger partial charge in [0.25, 0.3) is 0 Å². The van der Waals surface area contributed by atoms with E-state index in [1.165, 1.54) is 0 Å². The second kappa shape index (κ2) is 13.5. The lowest BCUT2D eigenvalue weighted by molar-refractivity contribution is -0.142. The third-order valence-electron chi connectivity index (χ3n) is 7.43. The van der Waals surface area contributed by atoms with Crippen molar-refractivity contribution in [3.8, 4) is 11.5 Å². The van der Waals surface area contributed by atoms with E-state index in [-0.39, 0.29) is 31.1 Å². The highest BCUT2D eigenvalue weighted by Crippen LogP contribution is 2.33. The number of hydrogen-bond donors (Lipinski definition) is 0. The second-order valence-corrected chi connectivity index (χ2v) is 10.1. The average Bonchev–Trinajstić information content (AvgIpc) is 3.68. The Morgan fingerprint density at radius 1 is 0.925 bits per heavy atom. The number of rotatable bonds is 12. The topological polar surface area (TPSA) is 84.7 Å². The Labute approximate surface area is 235 Å². The van der Waals surface area contributed by atoms with Gasteiger partial charge in [-0.3, -0.25) is 14.5 Å². The maximum absolute atomic E-state index is 14.0. The first-order valence-electron chi connectivity index (χ1n) is 13.9. The molecule has 0 saturated carbocycles. The summed E-state index contributed by atoms with van der Waals surface area (Å²) >= 11 is 0. The molecule has 1 aromatic heterocycles. The first-order chi connectivity index (χ1) is 19.6. The molecule has 0 radical (unpaired) electrons. The van der Waals surface area contributed by atoms with Crippen molar-refractivity contribution < 1.29 is 28.2 Å². The lowest BCUT2D eigenvalue weighted by Crippen LogP contribution is -2.48. The van der Waals surface area contributed by atoms with Crippen LogP contribution in [0.15, 0.2) is 71.3 Å². The Bertz CT molecular complexity index is 1240. The van der Waals surface area contributed by atoms with E-state index in [4.69, 9.17) is 18.6 Å². The molecule has 2 aliphatic rings. The minimum Gasteiger partial charge on any atom is -0.467 e. The predicted octanol–water partition coefficient (Wildman–Crippen LogP) is 3.89. The minimum absolute atomic E-state index is 0.0161. The van der Waals surface area contributed by atoms with Crippen molar-refractivity contribution in [2.75, 3.05) is 52.7 Å². The molecule has 9 heteroatoms. The lowest BCUT2D eigenvalue weighted by Gasteiger charge is -2.33. The molecule has 0 spiro atoms. The van der Waals surface area contributed by atoms with Crippen LogP contribution in [-0.4, -0.2) is 79.2 Å². The minimum atomic E-state index is -0.314. The van der Waals surface area contributed by atoms with Gasteiger partial charge in [-0.1, -0.05) is 43.3 Å². The highest BCUT2D eigenvalue weighted by atomic mass is 16.7. The number of hydrogen-bond acceptors (Lipinski definition) is 7. The van der Waals surface area contributed by atoms with Crippen molar-refractivity contribution in [1.29, 1.82) is 0 Å². The molecule has 0 aliphatic carbocycles. The summed E-state index contributed by atoms with van der Waals surface area (Å²) in [7, 11) is 0. The van der Waals surface area contributed by atoms with Crippen LogP contribution in [0.5, 0.6) is 11.5 Å². The molecule has 3 heterocycles. The lowest BCUT2D eigenvalue weighted by atomic mass is 9.95. The van der Waals surface area contributed by atoms with E-state index in [1.807, 2.05) is 67.6 Å². The summed E-state index contributed by atoms with van der Waals surface area (Å²) in [6, 6.07) is 19.2. The van der Waals surface area contributed by atoms with Crippen LogP contribution >= 0.6 is 0 Å². The molecule has 1 saturated heterocycles. The molecule has 212 valence electrons. The van der Waals surface area contributed by atoms with Gasteiger partial charge < -0.3 is 28.4 Å². The zero-order chi connectivity index (χ0) is 27.7. The number of carbonyl (C=O) groups is 2. The number of morpholine rings is 1. The summed E-state index contributed by atoms with van der Waals surface area (Å²) < 4.78 is 22.1. The summed E-state index contributed by atoms with van der Waals surface area (Å²) in [5, 5.41) is 0. The number of furan rings is 1. The molecule has 3 aromatic rings. The molecule has 2 amide bonds. The number of amides is 2. The summed E-state index contributed by atoms with van der Waals surface area (Å²) in [6.45, 7) is 6.98. The summed E-state index contributed by atoms with van der Waals surface area (Å²) in [5.74, 6) is 1.55. The quantitative estimate of drug-likeness (QED) is 0.340. The van der Waals surface area contributed by atoms with Crippen molar-refractivity contribution in [3.05, 3.63) is 83.8 Å². The van der Waals surface area contributed by atoms with E-state index in [1.54, 1.807) is 16.1 Å². The third kappa shape index (κ3) is 7.03. The van der Waals surface area contributed by atoms with Crippen molar-refractivity contribution in [1.82, 2.24) is 14.7 Å². The van der Waals surface area contributed by atoms with E-state index in [2.05, 4.69) is 4.90 Å². The van der Waals surface area contributed by atoms with Gasteiger partial charge in [-0.2, -0.15) is 0 Å². The van der Waals surface area contributed by atoms with Gasteiger partial charge in [0.2, 0.25) is 18.6 Å².